The average Bonchev–Trinajstić information content (AvgIpc) is 3.39. The van der Waals surface area contributed by atoms with Gasteiger partial charge in [-0.25, -0.2) is 18.6 Å². The Kier molecular flexibility index (Phi) is 4.62. The third-order valence-electron chi connectivity index (χ3n) is 3.91. The summed E-state index contributed by atoms with van der Waals surface area (Å²) in [5.41, 5.74) is 4.35. The molecular formula is C17H15ClF2N2O4. The molecule has 1 aliphatic carbocycles. The summed E-state index contributed by atoms with van der Waals surface area (Å²) in [7, 11) is 0. The van der Waals surface area contributed by atoms with E-state index in [-0.39, 0.29) is 24.5 Å². The number of pyridine rings is 1. The molecule has 0 saturated heterocycles. The molecule has 1 aliphatic rings. The smallest absolute Gasteiger partial charge is 0.356 e. The Morgan fingerprint density at radius 3 is 2.38 bits per heavy atom. The number of aromatic carboxylic acids is 1. The van der Waals surface area contributed by atoms with Gasteiger partial charge in [0.1, 0.15) is 11.5 Å². The first-order valence-corrected chi connectivity index (χ1v) is 8.22. The number of fused-ring (bicyclic) bond motifs is 1. The van der Waals surface area contributed by atoms with Crippen LogP contribution in [0.15, 0.2) is 0 Å². The largest absolute Gasteiger partial charge is 0.490 e. The molecule has 0 fully saturated rings. The third-order valence-corrected chi connectivity index (χ3v) is 4.30. The molecule has 0 unspecified atom stereocenters. The molecule has 0 amide bonds. The number of hydrogen-bond acceptors (Lipinski definition) is 5. The molecular weight excluding hydrogens is 370 g/mol. The Hall–Kier alpha value is -2.61. The Balaban J connectivity index is 2.36. The zero-order chi connectivity index (χ0) is 19.2. The van der Waals surface area contributed by atoms with E-state index in [0.717, 1.165) is 0 Å². The number of nitrogens with two attached hydrogens (primary N) is 1. The lowest BCUT2D eigenvalue weighted by Crippen LogP contribution is -2.10. The molecule has 3 rings (SSSR count). The maximum Gasteiger partial charge on any atom is 0.356 e. The fourth-order valence-corrected chi connectivity index (χ4v) is 2.93. The quantitative estimate of drug-likeness (QED) is 0.673. The van der Waals surface area contributed by atoms with Crippen molar-refractivity contribution in [2.75, 3.05) is 18.9 Å². The molecule has 138 valence electrons. The van der Waals surface area contributed by atoms with Crippen LogP contribution in [0.3, 0.4) is 0 Å². The first-order chi connectivity index (χ1) is 12.3. The van der Waals surface area contributed by atoms with E-state index < -0.39 is 39.7 Å². The van der Waals surface area contributed by atoms with Crippen LogP contribution < -0.4 is 15.2 Å². The monoisotopic (exact) mass is 384 g/mol. The summed E-state index contributed by atoms with van der Waals surface area (Å²) >= 11 is 5.76. The van der Waals surface area contributed by atoms with Crippen LogP contribution in [0.25, 0.3) is 11.3 Å². The summed E-state index contributed by atoms with van der Waals surface area (Å²) in [6.45, 7) is 3.86. The summed E-state index contributed by atoms with van der Waals surface area (Å²) in [6, 6.07) is 0. The van der Waals surface area contributed by atoms with Crippen LogP contribution in [0.5, 0.6) is 11.5 Å². The van der Waals surface area contributed by atoms with Crippen molar-refractivity contribution in [1.82, 2.24) is 4.98 Å². The van der Waals surface area contributed by atoms with Gasteiger partial charge in [0.15, 0.2) is 23.0 Å². The highest BCUT2D eigenvalue weighted by Crippen LogP contribution is 2.52. The minimum Gasteiger partial charge on any atom is -0.490 e. The average molecular weight is 385 g/mol. The number of anilines is 1. The van der Waals surface area contributed by atoms with E-state index in [4.69, 9.17) is 26.8 Å². The molecule has 2 aromatic rings. The molecule has 1 aromatic heterocycles. The van der Waals surface area contributed by atoms with Crippen molar-refractivity contribution in [3.05, 3.63) is 33.5 Å². The predicted molar refractivity (Wildman–Crippen MR) is 91.1 cm³/mol. The lowest BCUT2D eigenvalue weighted by Gasteiger charge is -2.17. The first kappa shape index (κ1) is 18.2. The second kappa shape index (κ2) is 6.60. The summed E-state index contributed by atoms with van der Waals surface area (Å²) in [5.74, 6) is -3.11. The van der Waals surface area contributed by atoms with Gasteiger partial charge in [-0.2, -0.15) is 0 Å². The van der Waals surface area contributed by atoms with E-state index in [1.807, 2.05) is 0 Å². The Morgan fingerprint density at radius 1 is 1.19 bits per heavy atom. The van der Waals surface area contributed by atoms with Crippen molar-refractivity contribution in [2.24, 2.45) is 0 Å². The molecule has 9 heteroatoms. The van der Waals surface area contributed by atoms with Gasteiger partial charge in [-0.3, -0.25) is 0 Å². The summed E-state index contributed by atoms with van der Waals surface area (Å²) in [6.07, 6.45) is 0.331. The Morgan fingerprint density at radius 2 is 1.81 bits per heavy atom. The molecule has 3 N–H and O–H groups in total. The van der Waals surface area contributed by atoms with Gasteiger partial charge in [0.2, 0.25) is 0 Å². The fraction of sp³-hybridized carbons (Fsp3) is 0.294. The molecule has 0 spiro atoms. The number of rotatable bonds is 6. The molecule has 0 bridgehead atoms. The van der Waals surface area contributed by atoms with Crippen LogP contribution in [0.2, 0.25) is 5.02 Å². The molecule has 0 aliphatic heterocycles. The molecule has 1 heterocycles. The number of carboxylic acids is 1. The number of aromatic nitrogens is 1. The van der Waals surface area contributed by atoms with Crippen LogP contribution in [-0.2, 0) is 6.42 Å². The highest BCUT2D eigenvalue weighted by atomic mass is 35.5. The van der Waals surface area contributed by atoms with Crippen LogP contribution in [0, 0.1) is 11.6 Å². The fourth-order valence-electron chi connectivity index (χ4n) is 2.72. The van der Waals surface area contributed by atoms with Gasteiger partial charge >= 0.3 is 5.97 Å². The van der Waals surface area contributed by atoms with Crippen LogP contribution in [0.4, 0.5) is 14.5 Å². The second-order valence-corrected chi connectivity index (χ2v) is 5.88. The number of hydrogen-bond donors (Lipinski definition) is 2. The number of nitrogens with zero attached hydrogens (tertiary/aromatic N) is 1. The topological polar surface area (TPSA) is 94.7 Å². The zero-order valence-corrected chi connectivity index (χ0v) is 14.7. The molecule has 0 atom stereocenters. The maximum absolute atomic E-state index is 14.9. The molecule has 0 radical (unpaired) electrons. The first-order valence-electron chi connectivity index (χ1n) is 7.84. The van der Waals surface area contributed by atoms with Crippen molar-refractivity contribution in [2.45, 2.75) is 20.3 Å². The van der Waals surface area contributed by atoms with Crippen molar-refractivity contribution in [3.8, 4) is 22.8 Å². The standard InChI is InChI=1S/C17H15ClF2N2O4/c1-3-25-15-7-5-6(7)10(19)8(16(15)26-4-2)13-11(20)12(21)9(18)14(22-13)17(23)24/h3-5H2,1-2H3,(H2,21,22)(H,23,24). The summed E-state index contributed by atoms with van der Waals surface area (Å²) < 4.78 is 40.7. The van der Waals surface area contributed by atoms with Gasteiger partial charge < -0.3 is 20.3 Å². The predicted octanol–water partition coefficient (Wildman–Crippen LogP) is 3.66. The lowest BCUT2D eigenvalue weighted by atomic mass is 10.1. The van der Waals surface area contributed by atoms with E-state index in [1.165, 1.54) is 0 Å². The van der Waals surface area contributed by atoms with Crippen LogP contribution in [0.1, 0.15) is 35.5 Å². The number of carboxylic acid groups (broad SMARTS) is 1. The Bertz CT molecular complexity index is 934. The molecule has 6 nitrogen and oxygen atoms in total. The normalized spacial score (nSPS) is 11.9. The van der Waals surface area contributed by atoms with E-state index in [0.29, 0.717) is 23.3 Å². The van der Waals surface area contributed by atoms with Gasteiger partial charge in [-0.15, -0.1) is 0 Å². The van der Waals surface area contributed by atoms with E-state index >= 15 is 0 Å². The maximum atomic E-state index is 14.9. The number of ether oxygens (including phenoxy) is 2. The third kappa shape index (κ3) is 2.70. The van der Waals surface area contributed by atoms with Crippen molar-refractivity contribution in [1.29, 1.82) is 0 Å². The SMILES string of the molecule is CCOc1c2c(c(F)c(-c3nc(C(=O)O)c(Cl)c(N)c3F)c1OCC)C2. The van der Waals surface area contributed by atoms with Gasteiger partial charge in [-0.1, -0.05) is 11.6 Å². The van der Waals surface area contributed by atoms with Gasteiger partial charge in [0.25, 0.3) is 0 Å². The van der Waals surface area contributed by atoms with Crippen molar-refractivity contribution < 1.29 is 28.2 Å². The Labute approximate surface area is 152 Å². The minimum atomic E-state index is -1.52. The van der Waals surface area contributed by atoms with Gasteiger partial charge in [0.05, 0.1) is 29.5 Å². The van der Waals surface area contributed by atoms with Crippen molar-refractivity contribution >= 4 is 23.3 Å². The van der Waals surface area contributed by atoms with E-state index in [2.05, 4.69) is 4.98 Å². The van der Waals surface area contributed by atoms with E-state index in [1.54, 1.807) is 13.8 Å². The van der Waals surface area contributed by atoms with Crippen LogP contribution >= 0.6 is 11.6 Å². The number of halogens is 3. The molecule has 26 heavy (non-hydrogen) atoms. The zero-order valence-electron chi connectivity index (χ0n) is 14.0. The summed E-state index contributed by atoms with van der Waals surface area (Å²) in [4.78, 5) is 15.0. The molecule has 0 saturated carbocycles. The van der Waals surface area contributed by atoms with Crippen LogP contribution in [-0.4, -0.2) is 29.3 Å². The molecule has 1 aromatic carbocycles. The van der Waals surface area contributed by atoms with E-state index in [9.17, 15) is 18.7 Å². The number of carbonyl (C=O) groups is 1. The summed E-state index contributed by atoms with van der Waals surface area (Å²) in [5, 5.41) is 8.68. The number of nitrogen functional groups attached to an aromatic ring is 1. The second-order valence-electron chi connectivity index (χ2n) is 5.50. The highest BCUT2D eigenvalue weighted by molar-refractivity contribution is 6.35. The van der Waals surface area contributed by atoms with Gasteiger partial charge in [-0.05, 0) is 13.8 Å². The number of benzene rings is 1. The lowest BCUT2D eigenvalue weighted by molar-refractivity contribution is 0.0690. The highest BCUT2D eigenvalue weighted by Gasteiger charge is 2.37. The minimum absolute atomic E-state index is 0.0347. The van der Waals surface area contributed by atoms with Crippen molar-refractivity contribution in [3.63, 3.8) is 0 Å². The van der Waals surface area contributed by atoms with Gasteiger partial charge in [0, 0.05) is 17.5 Å².